The van der Waals surface area contributed by atoms with Crippen LogP contribution in [0.4, 0.5) is 0 Å². The molecule has 4 nitrogen and oxygen atoms in total. The second-order valence-corrected chi connectivity index (χ2v) is 3.45. The summed E-state index contributed by atoms with van der Waals surface area (Å²) in [5, 5.41) is 0. The predicted molar refractivity (Wildman–Crippen MR) is 55.5 cm³/mol. The molecule has 0 bridgehead atoms. The summed E-state index contributed by atoms with van der Waals surface area (Å²) in [6, 6.07) is -0.0116. The maximum absolute atomic E-state index is 5.51. The number of ether oxygens (including phenoxy) is 2. The van der Waals surface area contributed by atoms with Crippen molar-refractivity contribution >= 4 is 0 Å². The summed E-state index contributed by atoms with van der Waals surface area (Å²) >= 11 is 0. The van der Waals surface area contributed by atoms with E-state index in [1.807, 2.05) is 0 Å². The molecule has 1 heterocycles. The van der Waals surface area contributed by atoms with Crippen LogP contribution in [0.1, 0.15) is 26.2 Å². The van der Waals surface area contributed by atoms with Gasteiger partial charge in [0.25, 0.3) is 0 Å². The topological polar surface area (TPSA) is 56.5 Å². The van der Waals surface area contributed by atoms with Crippen molar-refractivity contribution in [2.45, 2.75) is 38.3 Å². The van der Waals surface area contributed by atoms with Crippen LogP contribution < -0.4 is 11.3 Å². The van der Waals surface area contributed by atoms with Crippen LogP contribution in [0.2, 0.25) is 0 Å². The molecule has 0 amide bonds. The van der Waals surface area contributed by atoms with Crippen LogP contribution in [0, 0.1) is 0 Å². The van der Waals surface area contributed by atoms with Gasteiger partial charge in [-0.05, 0) is 12.5 Å². The molecular weight excluding hydrogens is 180 g/mol. The van der Waals surface area contributed by atoms with Crippen molar-refractivity contribution < 1.29 is 9.47 Å². The molecule has 2 atom stereocenters. The molecule has 82 valence electrons. The number of nitrogens with one attached hydrogen (secondary N) is 1. The summed E-state index contributed by atoms with van der Waals surface area (Å²) in [7, 11) is 1.71. The van der Waals surface area contributed by atoms with Crippen molar-refractivity contribution in [3.8, 4) is 0 Å². The van der Waals surface area contributed by atoms with E-state index < -0.39 is 0 Å². The number of rotatable bonds is 6. The average Bonchev–Trinajstić information content (AvgIpc) is 2.71. The maximum atomic E-state index is 5.51. The Balaban J connectivity index is 2.57. The number of hydrogen-bond acceptors (Lipinski definition) is 4. The van der Waals surface area contributed by atoms with Crippen LogP contribution in [-0.4, -0.2) is 25.9 Å². The van der Waals surface area contributed by atoms with E-state index in [9.17, 15) is 0 Å². The summed E-state index contributed by atoms with van der Waals surface area (Å²) in [6.07, 6.45) is 5.19. The molecule has 1 rings (SSSR count). The zero-order chi connectivity index (χ0) is 10.4. The molecule has 0 saturated carbocycles. The van der Waals surface area contributed by atoms with Crippen molar-refractivity contribution in [1.82, 2.24) is 5.43 Å². The average molecular weight is 200 g/mol. The zero-order valence-corrected chi connectivity index (χ0v) is 8.95. The highest BCUT2D eigenvalue weighted by Gasteiger charge is 2.26. The minimum atomic E-state index is -0.0116. The van der Waals surface area contributed by atoms with Gasteiger partial charge in [0.15, 0.2) is 0 Å². The first-order chi connectivity index (χ1) is 6.83. The SMILES string of the molecule is CCCC(OC)C(NN)C1=CCCO1. The van der Waals surface area contributed by atoms with Crippen LogP contribution in [0.25, 0.3) is 0 Å². The molecule has 14 heavy (non-hydrogen) atoms. The molecule has 0 saturated heterocycles. The monoisotopic (exact) mass is 200 g/mol. The van der Waals surface area contributed by atoms with Crippen molar-refractivity contribution in [1.29, 1.82) is 0 Å². The Morgan fingerprint density at radius 1 is 1.71 bits per heavy atom. The highest BCUT2D eigenvalue weighted by atomic mass is 16.5. The Bertz CT molecular complexity index is 195. The highest BCUT2D eigenvalue weighted by Crippen LogP contribution is 2.19. The lowest BCUT2D eigenvalue weighted by atomic mass is 10.0. The Morgan fingerprint density at radius 2 is 2.50 bits per heavy atom. The number of hydrogen-bond donors (Lipinski definition) is 2. The van der Waals surface area contributed by atoms with Gasteiger partial charge in [-0.1, -0.05) is 13.3 Å². The van der Waals surface area contributed by atoms with Crippen LogP contribution in [0.3, 0.4) is 0 Å². The van der Waals surface area contributed by atoms with E-state index in [1.165, 1.54) is 0 Å². The minimum Gasteiger partial charge on any atom is -0.496 e. The zero-order valence-electron chi connectivity index (χ0n) is 8.95. The Morgan fingerprint density at radius 3 is 2.93 bits per heavy atom. The van der Waals surface area contributed by atoms with Crippen molar-refractivity contribution in [3.05, 3.63) is 11.8 Å². The molecule has 1 aliphatic rings. The van der Waals surface area contributed by atoms with E-state index in [4.69, 9.17) is 15.3 Å². The molecule has 0 radical (unpaired) electrons. The lowest BCUT2D eigenvalue weighted by Gasteiger charge is -2.25. The second-order valence-electron chi connectivity index (χ2n) is 3.45. The Kier molecular flexibility index (Phi) is 4.93. The lowest BCUT2D eigenvalue weighted by molar-refractivity contribution is 0.0518. The smallest absolute Gasteiger partial charge is 0.113 e. The third-order valence-electron chi connectivity index (χ3n) is 2.47. The van der Waals surface area contributed by atoms with Crippen LogP contribution in [-0.2, 0) is 9.47 Å². The van der Waals surface area contributed by atoms with Gasteiger partial charge in [-0.3, -0.25) is 5.84 Å². The molecule has 3 N–H and O–H groups in total. The molecule has 1 aliphatic heterocycles. The number of nitrogens with two attached hydrogens (primary N) is 1. The van der Waals surface area contributed by atoms with Gasteiger partial charge >= 0.3 is 0 Å². The first-order valence-electron chi connectivity index (χ1n) is 5.15. The fraction of sp³-hybridized carbons (Fsp3) is 0.800. The second kappa shape index (κ2) is 6.01. The first-order valence-corrected chi connectivity index (χ1v) is 5.15. The van der Waals surface area contributed by atoms with E-state index in [0.29, 0.717) is 0 Å². The van der Waals surface area contributed by atoms with Gasteiger partial charge in [-0.15, -0.1) is 0 Å². The summed E-state index contributed by atoms with van der Waals surface area (Å²) in [5.74, 6) is 6.43. The molecular formula is C10H20N2O2. The largest absolute Gasteiger partial charge is 0.496 e. The van der Waals surface area contributed by atoms with Crippen LogP contribution >= 0.6 is 0 Å². The fourth-order valence-corrected chi connectivity index (χ4v) is 1.73. The maximum Gasteiger partial charge on any atom is 0.113 e. The molecule has 0 aromatic rings. The van der Waals surface area contributed by atoms with E-state index in [-0.39, 0.29) is 12.1 Å². The van der Waals surface area contributed by atoms with E-state index in [0.717, 1.165) is 31.6 Å². The van der Waals surface area contributed by atoms with Crippen molar-refractivity contribution in [2.75, 3.05) is 13.7 Å². The van der Waals surface area contributed by atoms with Crippen LogP contribution in [0.5, 0.6) is 0 Å². The van der Waals surface area contributed by atoms with Crippen molar-refractivity contribution in [3.63, 3.8) is 0 Å². The van der Waals surface area contributed by atoms with Gasteiger partial charge in [0, 0.05) is 13.5 Å². The van der Waals surface area contributed by atoms with Gasteiger partial charge in [-0.25, -0.2) is 5.43 Å². The van der Waals surface area contributed by atoms with E-state index in [2.05, 4.69) is 18.4 Å². The lowest BCUT2D eigenvalue weighted by Crippen LogP contribution is -2.46. The minimum absolute atomic E-state index is 0.0116. The van der Waals surface area contributed by atoms with E-state index in [1.54, 1.807) is 7.11 Å². The molecule has 0 aliphatic carbocycles. The summed E-state index contributed by atoms with van der Waals surface area (Å²) in [4.78, 5) is 0. The third kappa shape index (κ3) is 2.70. The molecule has 4 heteroatoms. The molecule has 0 aromatic heterocycles. The van der Waals surface area contributed by atoms with Gasteiger partial charge in [0.2, 0.25) is 0 Å². The molecule has 2 unspecified atom stereocenters. The molecule has 0 spiro atoms. The van der Waals surface area contributed by atoms with Gasteiger partial charge < -0.3 is 9.47 Å². The highest BCUT2D eigenvalue weighted by molar-refractivity contribution is 5.09. The van der Waals surface area contributed by atoms with E-state index >= 15 is 0 Å². The predicted octanol–water partition coefficient (Wildman–Crippen LogP) is 0.938. The van der Waals surface area contributed by atoms with Gasteiger partial charge in [-0.2, -0.15) is 0 Å². The Hall–Kier alpha value is -0.580. The standard InChI is InChI=1S/C10H20N2O2/c1-3-5-8(13-2)10(12-11)9-6-4-7-14-9/h6,8,10,12H,3-5,7,11H2,1-2H3. The van der Waals surface area contributed by atoms with Crippen molar-refractivity contribution in [2.24, 2.45) is 5.84 Å². The van der Waals surface area contributed by atoms with Crippen LogP contribution in [0.15, 0.2) is 11.8 Å². The van der Waals surface area contributed by atoms with Gasteiger partial charge in [0.1, 0.15) is 11.8 Å². The quantitative estimate of drug-likeness (QED) is 0.495. The first kappa shape index (κ1) is 11.5. The summed E-state index contributed by atoms with van der Waals surface area (Å²) < 4.78 is 10.9. The third-order valence-corrected chi connectivity index (χ3v) is 2.47. The number of methoxy groups -OCH3 is 1. The summed E-state index contributed by atoms with van der Waals surface area (Å²) in [5.41, 5.74) is 2.76. The van der Waals surface area contributed by atoms with Gasteiger partial charge in [0.05, 0.1) is 12.7 Å². The Labute approximate surface area is 85.4 Å². The fourth-order valence-electron chi connectivity index (χ4n) is 1.73. The number of hydrazine groups is 1. The molecule has 0 fully saturated rings. The summed E-state index contributed by atoms with van der Waals surface area (Å²) in [6.45, 7) is 2.89. The normalized spacial score (nSPS) is 20.1. The molecule has 0 aromatic carbocycles.